The zero-order valence-electron chi connectivity index (χ0n) is 11.2. The van der Waals surface area contributed by atoms with E-state index in [1.807, 2.05) is 5.38 Å². The Hall–Kier alpha value is -2.07. The highest BCUT2D eigenvalue weighted by Gasteiger charge is 2.11. The van der Waals surface area contributed by atoms with Gasteiger partial charge in [-0.25, -0.2) is 9.97 Å². The van der Waals surface area contributed by atoms with Gasteiger partial charge in [0, 0.05) is 18.1 Å². The summed E-state index contributed by atoms with van der Waals surface area (Å²) in [6, 6.07) is 0. The average Bonchev–Trinajstić information content (AvgIpc) is 3.18. The third-order valence-electron chi connectivity index (χ3n) is 2.35. The van der Waals surface area contributed by atoms with Gasteiger partial charge < -0.3 is 5.32 Å². The summed E-state index contributed by atoms with van der Waals surface area (Å²) in [4.78, 5) is 21.2. The standard InChI is InChI=1S/C11H12N8S2/c1-2-3-13-8-16-9(19-7-12-6-15-19)18-10(17-8)21-11-14-4-5-20-11/h4-7H,2-3H2,1H3,(H,13,16,17,18). The Bertz CT molecular complexity index is 682. The number of aromatic nitrogens is 7. The molecule has 10 heteroatoms. The molecule has 3 heterocycles. The second-order valence-corrected chi connectivity index (χ2v) is 6.02. The van der Waals surface area contributed by atoms with E-state index in [4.69, 9.17) is 0 Å². The zero-order valence-corrected chi connectivity index (χ0v) is 12.8. The lowest BCUT2D eigenvalue weighted by Gasteiger charge is -2.06. The second kappa shape index (κ2) is 6.59. The van der Waals surface area contributed by atoms with Crippen LogP contribution in [-0.2, 0) is 0 Å². The molecule has 0 aliphatic heterocycles. The molecule has 0 saturated heterocycles. The SMILES string of the molecule is CCCNc1nc(Sc2nccs2)nc(-n2cncn2)n1. The molecule has 0 aliphatic rings. The molecule has 108 valence electrons. The first-order valence-electron chi connectivity index (χ1n) is 6.27. The molecule has 0 unspecified atom stereocenters. The topological polar surface area (TPSA) is 94.3 Å². The molecular formula is C11H12N8S2. The van der Waals surface area contributed by atoms with Crippen LogP contribution in [0.5, 0.6) is 0 Å². The van der Waals surface area contributed by atoms with Gasteiger partial charge in [-0.15, -0.1) is 11.3 Å². The summed E-state index contributed by atoms with van der Waals surface area (Å²) in [5.74, 6) is 0.955. The van der Waals surface area contributed by atoms with Crippen LogP contribution in [0.2, 0.25) is 0 Å². The lowest BCUT2D eigenvalue weighted by Crippen LogP contribution is -2.10. The Morgan fingerprint density at radius 1 is 1.33 bits per heavy atom. The van der Waals surface area contributed by atoms with Crippen LogP contribution in [0.3, 0.4) is 0 Å². The molecule has 0 aromatic carbocycles. The third kappa shape index (κ3) is 3.52. The average molecular weight is 320 g/mol. The highest BCUT2D eigenvalue weighted by molar-refractivity contribution is 8.00. The molecule has 0 fully saturated rings. The number of nitrogens with one attached hydrogen (secondary N) is 1. The van der Waals surface area contributed by atoms with Crippen LogP contribution in [0, 0.1) is 0 Å². The quantitative estimate of drug-likeness (QED) is 0.735. The van der Waals surface area contributed by atoms with Crippen LogP contribution in [0.4, 0.5) is 5.95 Å². The van der Waals surface area contributed by atoms with Crippen LogP contribution < -0.4 is 5.32 Å². The van der Waals surface area contributed by atoms with E-state index in [9.17, 15) is 0 Å². The number of anilines is 1. The predicted octanol–water partition coefficient (Wildman–Crippen LogP) is 1.88. The van der Waals surface area contributed by atoms with Gasteiger partial charge in [0.15, 0.2) is 4.34 Å². The molecule has 0 spiro atoms. The van der Waals surface area contributed by atoms with E-state index in [1.165, 1.54) is 22.8 Å². The fraction of sp³-hybridized carbons (Fsp3) is 0.273. The van der Waals surface area contributed by atoms with Gasteiger partial charge in [-0.05, 0) is 18.2 Å². The lowest BCUT2D eigenvalue weighted by molar-refractivity contribution is 0.756. The smallest absolute Gasteiger partial charge is 0.257 e. The van der Waals surface area contributed by atoms with Gasteiger partial charge in [0.2, 0.25) is 11.1 Å². The van der Waals surface area contributed by atoms with E-state index in [0.717, 1.165) is 17.3 Å². The van der Waals surface area contributed by atoms with Crippen LogP contribution in [0.25, 0.3) is 5.95 Å². The number of hydrogen-bond donors (Lipinski definition) is 1. The van der Waals surface area contributed by atoms with E-state index in [0.29, 0.717) is 17.1 Å². The van der Waals surface area contributed by atoms with Gasteiger partial charge in [-0.1, -0.05) is 6.92 Å². The molecule has 1 N–H and O–H groups in total. The Balaban J connectivity index is 1.92. The Morgan fingerprint density at radius 3 is 3.00 bits per heavy atom. The van der Waals surface area contributed by atoms with Crippen molar-refractivity contribution >= 4 is 29.0 Å². The van der Waals surface area contributed by atoms with E-state index in [2.05, 4.69) is 42.3 Å². The molecule has 3 rings (SSSR count). The van der Waals surface area contributed by atoms with Gasteiger partial charge in [0.25, 0.3) is 5.95 Å². The first kappa shape index (κ1) is 13.9. The summed E-state index contributed by atoms with van der Waals surface area (Å²) in [6.45, 7) is 2.87. The van der Waals surface area contributed by atoms with Gasteiger partial charge in [-0.3, -0.25) is 0 Å². The van der Waals surface area contributed by atoms with E-state index in [1.54, 1.807) is 23.9 Å². The minimum Gasteiger partial charge on any atom is -0.354 e. The Morgan fingerprint density at radius 2 is 2.29 bits per heavy atom. The number of rotatable bonds is 6. The summed E-state index contributed by atoms with van der Waals surface area (Å²) < 4.78 is 2.39. The summed E-state index contributed by atoms with van der Waals surface area (Å²) >= 11 is 2.94. The first-order chi connectivity index (χ1) is 10.3. The van der Waals surface area contributed by atoms with Gasteiger partial charge >= 0.3 is 0 Å². The van der Waals surface area contributed by atoms with Gasteiger partial charge in [-0.2, -0.15) is 24.7 Å². The van der Waals surface area contributed by atoms with E-state index < -0.39 is 0 Å². The third-order valence-corrected chi connectivity index (χ3v) is 4.10. The first-order valence-corrected chi connectivity index (χ1v) is 7.97. The normalized spacial score (nSPS) is 10.7. The zero-order chi connectivity index (χ0) is 14.5. The largest absolute Gasteiger partial charge is 0.354 e. The number of nitrogens with zero attached hydrogens (tertiary/aromatic N) is 7. The second-order valence-electron chi connectivity index (χ2n) is 3.91. The summed E-state index contributed by atoms with van der Waals surface area (Å²) in [6.07, 6.45) is 5.73. The fourth-order valence-corrected chi connectivity index (χ4v) is 2.93. The molecular weight excluding hydrogens is 308 g/mol. The van der Waals surface area contributed by atoms with Crippen molar-refractivity contribution in [3.63, 3.8) is 0 Å². The van der Waals surface area contributed by atoms with Crippen LogP contribution in [0.15, 0.2) is 33.7 Å². The monoisotopic (exact) mass is 320 g/mol. The molecule has 0 amide bonds. The molecule has 0 saturated carbocycles. The van der Waals surface area contributed by atoms with Crippen molar-refractivity contribution in [2.75, 3.05) is 11.9 Å². The maximum absolute atomic E-state index is 4.39. The van der Waals surface area contributed by atoms with Crippen LogP contribution in [-0.4, -0.2) is 41.2 Å². The fourth-order valence-electron chi connectivity index (χ4n) is 1.46. The molecule has 3 aromatic rings. The molecule has 0 radical (unpaired) electrons. The van der Waals surface area contributed by atoms with Crippen molar-refractivity contribution in [1.29, 1.82) is 0 Å². The predicted molar refractivity (Wildman–Crippen MR) is 79.8 cm³/mol. The minimum atomic E-state index is 0.431. The van der Waals surface area contributed by atoms with Crippen molar-refractivity contribution in [1.82, 2.24) is 34.7 Å². The van der Waals surface area contributed by atoms with Gasteiger partial charge in [0.1, 0.15) is 12.7 Å². The maximum Gasteiger partial charge on any atom is 0.257 e. The maximum atomic E-state index is 4.39. The van der Waals surface area contributed by atoms with E-state index in [-0.39, 0.29) is 0 Å². The molecule has 21 heavy (non-hydrogen) atoms. The van der Waals surface area contributed by atoms with Crippen molar-refractivity contribution in [2.24, 2.45) is 0 Å². The van der Waals surface area contributed by atoms with Crippen molar-refractivity contribution < 1.29 is 0 Å². The molecule has 8 nitrogen and oxygen atoms in total. The minimum absolute atomic E-state index is 0.431. The van der Waals surface area contributed by atoms with Crippen LogP contribution in [0.1, 0.15) is 13.3 Å². The number of hydrogen-bond acceptors (Lipinski definition) is 9. The van der Waals surface area contributed by atoms with Gasteiger partial charge in [0.05, 0.1) is 0 Å². The molecule has 3 aromatic heterocycles. The van der Waals surface area contributed by atoms with Crippen molar-refractivity contribution in [3.8, 4) is 5.95 Å². The van der Waals surface area contributed by atoms with Crippen molar-refractivity contribution in [2.45, 2.75) is 22.8 Å². The molecule has 0 atom stereocenters. The highest BCUT2D eigenvalue weighted by atomic mass is 32.2. The molecule has 0 aliphatic carbocycles. The summed E-state index contributed by atoms with van der Waals surface area (Å²) in [5, 5.41) is 9.70. The van der Waals surface area contributed by atoms with Crippen LogP contribution >= 0.6 is 23.1 Å². The van der Waals surface area contributed by atoms with E-state index >= 15 is 0 Å². The Kier molecular flexibility index (Phi) is 4.36. The summed E-state index contributed by atoms with van der Waals surface area (Å²) in [7, 11) is 0. The van der Waals surface area contributed by atoms with Crippen molar-refractivity contribution in [3.05, 3.63) is 24.2 Å². The highest BCUT2D eigenvalue weighted by Crippen LogP contribution is 2.27. The lowest BCUT2D eigenvalue weighted by atomic mass is 10.5. The Labute approximate surface area is 129 Å². The molecule has 0 bridgehead atoms. The number of thiazole rings is 1. The summed E-state index contributed by atoms with van der Waals surface area (Å²) in [5.41, 5.74) is 0.